The van der Waals surface area contributed by atoms with E-state index in [0.717, 1.165) is 26.1 Å². The van der Waals surface area contributed by atoms with Crippen LogP contribution < -0.4 is 5.73 Å². The van der Waals surface area contributed by atoms with Crippen LogP contribution in [0.15, 0.2) is 0 Å². The van der Waals surface area contributed by atoms with Gasteiger partial charge in [0, 0.05) is 32.7 Å². The highest BCUT2D eigenvalue weighted by Gasteiger charge is 2.22. The number of ether oxygens (including phenoxy) is 1. The lowest BCUT2D eigenvalue weighted by atomic mass is 10.0. The van der Waals surface area contributed by atoms with E-state index < -0.39 is 0 Å². The molecule has 0 aromatic carbocycles. The van der Waals surface area contributed by atoms with Gasteiger partial charge in [-0.3, -0.25) is 4.79 Å². The molecular weight excluding hydrogens is 192 g/mol. The maximum Gasteiger partial charge on any atom is 0.222 e. The van der Waals surface area contributed by atoms with E-state index in [1.165, 1.54) is 0 Å². The number of amides is 1. The van der Waals surface area contributed by atoms with Crippen LogP contribution in [0.1, 0.15) is 26.2 Å². The molecule has 4 heteroatoms. The molecule has 0 aromatic rings. The fraction of sp³-hybridized carbons (Fsp3) is 0.909. The molecule has 1 rings (SSSR count). The molecule has 1 amide bonds. The van der Waals surface area contributed by atoms with E-state index in [1.54, 1.807) is 0 Å². The Bertz CT molecular complexity index is 203. The molecule has 0 aromatic heterocycles. The average molecular weight is 214 g/mol. The zero-order valence-corrected chi connectivity index (χ0v) is 9.74. The largest absolute Gasteiger partial charge is 0.381 e. The van der Waals surface area contributed by atoms with Gasteiger partial charge in [0.15, 0.2) is 0 Å². The number of nitrogens with zero attached hydrogens (tertiary/aromatic N) is 1. The van der Waals surface area contributed by atoms with Gasteiger partial charge >= 0.3 is 0 Å². The average Bonchev–Trinajstić information content (AvgIpc) is 2.29. The molecule has 15 heavy (non-hydrogen) atoms. The van der Waals surface area contributed by atoms with E-state index in [9.17, 15) is 4.79 Å². The van der Waals surface area contributed by atoms with Crippen LogP contribution in [0.5, 0.6) is 0 Å². The van der Waals surface area contributed by atoms with Crippen LogP contribution in [-0.4, -0.2) is 43.7 Å². The molecule has 1 unspecified atom stereocenters. The van der Waals surface area contributed by atoms with Crippen molar-refractivity contribution in [1.82, 2.24) is 4.90 Å². The molecular formula is C11H22N2O2. The standard InChI is InChI=1S/C11H22N2O2/c1-9(8-12)7-11(14)13(2)10-3-5-15-6-4-10/h9-10H,3-8,12H2,1-2H3. The second-order valence-electron chi connectivity index (χ2n) is 4.39. The summed E-state index contributed by atoms with van der Waals surface area (Å²) in [6, 6.07) is 0.358. The second-order valence-corrected chi connectivity index (χ2v) is 4.39. The van der Waals surface area contributed by atoms with Crippen LogP contribution in [0.2, 0.25) is 0 Å². The first kappa shape index (κ1) is 12.5. The van der Waals surface area contributed by atoms with Crippen molar-refractivity contribution in [2.24, 2.45) is 11.7 Å². The lowest BCUT2D eigenvalue weighted by Gasteiger charge is -2.31. The van der Waals surface area contributed by atoms with Gasteiger partial charge in [-0.05, 0) is 25.3 Å². The van der Waals surface area contributed by atoms with Crippen LogP contribution in [0.25, 0.3) is 0 Å². The van der Waals surface area contributed by atoms with Crippen LogP contribution in [0, 0.1) is 5.92 Å². The minimum Gasteiger partial charge on any atom is -0.381 e. The summed E-state index contributed by atoms with van der Waals surface area (Å²) in [6.07, 6.45) is 2.48. The first-order valence-electron chi connectivity index (χ1n) is 5.68. The van der Waals surface area contributed by atoms with Gasteiger partial charge < -0.3 is 15.4 Å². The third kappa shape index (κ3) is 3.80. The highest BCUT2D eigenvalue weighted by Crippen LogP contribution is 2.14. The number of hydrogen-bond donors (Lipinski definition) is 1. The van der Waals surface area contributed by atoms with Gasteiger partial charge in [-0.25, -0.2) is 0 Å². The molecule has 4 nitrogen and oxygen atoms in total. The van der Waals surface area contributed by atoms with Crippen LogP contribution in [0.3, 0.4) is 0 Å². The van der Waals surface area contributed by atoms with Crippen molar-refractivity contribution in [1.29, 1.82) is 0 Å². The van der Waals surface area contributed by atoms with Crippen molar-refractivity contribution in [3.8, 4) is 0 Å². The molecule has 1 atom stereocenters. The summed E-state index contributed by atoms with van der Waals surface area (Å²) in [7, 11) is 1.89. The molecule has 0 saturated carbocycles. The molecule has 0 spiro atoms. The predicted octanol–water partition coefficient (Wildman–Crippen LogP) is 0.609. The monoisotopic (exact) mass is 214 g/mol. The van der Waals surface area contributed by atoms with Crippen molar-refractivity contribution in [3.05, 3.63) is 0 Å². The summed E-state index contributed by atoms with van der Waals surface area (Å²) < 4.78 is 5.27. The van der Waals surface area contributed by atoms with Crippen LogP contribution in [0.4, 0.5) is 0 Å². The molecule has 1 aliphatic heterocycles. The Morgan fingerprint density at radius 3 is 2.67 bits per heavy atom. The first-order chi connectivity index (χ1) is 7.15. The summed E-state index contributed by atoms with van der Waals surface area (Å²) in [5.74, 6) is 0.486. The van der Waals surface area contributed by atoms with Gasteiger partial charge in [-0.2, -0.15) is 0 Å². The highest BCUT2D eigenvalue weighted by atomic mass is 16.5. The number of carbonyl (C=O) groups is 1. The third-order valence-corrected chi connectivity index (χ3v) is 3.06. The fourth-order valence-electron chi connectivity index (χ4n) is 1.80. The number of hydrogen-bond acceptors (Lipinski definition) is 3. The van der Waals surface area contributed by atoms with Gasteiger partial charge in [-0.15, -0.1) is 0 Å². The summed E-state index contributed by atoms with van der Waals surface area (Å²) in [4.78, 5) is 13.7. The van der Waals surface area contributed by atoms with E-state index in [1.807, 2.05) is 18.9 Å². The molecule has 1 saturated heterocycles. The van der Waals surface area contributed by atoms with Crippen molar-refractivity contribution in [2.75, 3.05) is 26.8 Å². The first-order valence-corrected chi connectivity index (χ1v) is 5.68. The van der Waals surface area contributed by atoms with Crippen molar-refractivity contribution in [3.63, 3.8) is 0 Å². The summed E-state index contributed by atoms with van der Waals surface area (Å²) >= 11 is 0. The van der Waals surface area contributed by atoms with Crippen molar-refractivity contribution >= 4 is 5.91 Å². The number of nitrogens with two attached hydrogens (primary N) is 1. The molecule has 1 aliphatic rings. The third-order valence-electron chi connectivity index (χ3n) is 3.06. The number of rotatable bonds is 4. The van der Waals surface area contributed by atoms with Crippen LogP contribution in [-0.2, 0) is 9.53 Å². The smallest absolute Gasteiger partial charge is 0.222 e. The van der Waals surface area contributed by atoms with E-state index in [0.29, 0.717) is 19.0 Å². The topological polar surface area (TPSA) is 55.6 Å². The Labute approximate surface area is 91.8 Å². The van der Waals surface area contributed by atoms with Crippen molar-refractivity contribution < 1.29 is 9.53 Å². The maximum absolute atomic E-state index is 11.8. The molecule has 0 bridgehead atoms. The summed E-state index contributed by atoms with van der Waals surface area (Å²) in [5, 5.41) is 0. The summed E-state index contributed by atoms with van der Waals surface area (Å²) in [5.41, 5.74) is 5.51. The van der Waals surface area contributed by atoms with Gasteiger partial charge in [0.05, 0.1) is 0 Å². The minimum atomic E-state index is 0.208. The second kappa shape index (κ2) is 6.08. The Balaban J connectivity index is 2.37. The zero-order chi connectivity index (χ0) is 11.3. The van der Waals surface area contributed by atoms with Crippen molar-refractivity contribution in [2.45, 2.75) is 32.2 Å². The fourth-order valence-corrected chi connectivity index (χ4v) is 1.80. The van der Waals surface area contributed by atoms with E-state index in [4.69, 9.17) is 10.5 Å². The van der Waals surface area contributed by atoms with Gasteiger partial charge in [0.25, 0.3) is 0 Å². The zero-order valence-electron chi connectivity index (χ0n) is 9.74. The highest BCUT2D eigenvalue weighted by molar-refractivity contribution is 5.76. The molecule has 0 aliphatic carbocycles. The van der Waals surface area contributed by atoms with Gasteiger partial charge in [0.1, 0.15) is 0 Å². The normalized spacial score (nSPS) is 19.9. The van der Waals surface area contributed by atoms with E-state index in [-0.39, 0.29) is 11.8 Å². The van der Waals surface area contributed by atoms with Gasteiger partial charge in [0.2, 0.25) is 5.91 Å². The lowest BCUT2D eigenvalue weighted by Crippen LogP contribution is -2.41. The summed E-state index contributed by atoms with van der Waals surface area (Å²) in [6.45, 7) is 4.13. The minimum absolute atomic E-state index is 0.208. The van der Waals surface area contributed by atoms with Crippen LogP contribution >= 0.6 is 0 Å². The SMILES string of the molecule is CC(CN)CC(=O)N(C)C1CCOCC1. The Morgan fingerprint density at radius 1 is 1.53 bits per heavy atom. The lowest BCUT2D eigenvalue weighted by molar-refractivity contribution is -0.134. The van der Waals surface area contributed by atoms with E-state index in [2.05, 4.69) is 0 Å². The van der Waals surface area contributed by atoms with Gasteiger partial charge in [-0.1, -0.05) is 6.92 Å². The molecule has 0 radical (unpaired) electrons. The Kier molecular flexibility index (Phi) is 5.05. The Morgan fingerprint density at radius 2 is 2.13 bits per heavy atom. The molecule has 88 valence electrons. The van der Waals surface area contributed by atoms with E-state index >= 15 is 0 Å². The quantitative estimate of drug-likeness (QED) is 0.746. The molecule has 1 fully saturated rings. The number of carbonyl (C=O) groups excluding carboxylic acids is 1. The predicted molar refractivity (Wildman–Crippen MR) is 59.4 cm³/mol. The Hall–Kier alpha value is -0.610. The molecule has 2 N–H and O–H groups in total. The maximum atomic E-state index is 11.8. The molecule has 1 heterocycles.